The van der Waals surface area contributed by atoms with Crippen LogP contribution in [0.25, 0.3) is 21.8 Å². The third kappa shape index (κ3) is 5.68. The number of ether oxygens (including phenoxy) is 2. The van der Waals surface area contributed by atoms with E-state index in [4.69, 9.17) is 20.5 Å². The molecule has 0 aliphatic carbocycles. The van der Waals surface area contributed by atoms with Crippen molar-refractivity contribution in [2.75, 3.05) is 14.2 Å². The highest BCUT2D eigenvalue weighted by Gasteiger charge is 2.16. The molecule has 0 bridgehead atoms. The first-order chi connectivity index (χ1) is 16.9. The second kappa shape index (κ2) is 11.5. The number of nitrogens with zero attached hydrogens (tertiary/aromatic N) is 3. The molecular weight excluding hydrogens is 448 g/mol. The highest BCUT2D eigenvalue weighted by Crippen LogP contribution is 2.22. The molecule has 0 unspecified atom stereocenters. The van der Waals surface area contributed by atoms with Crippen LogP contribution in [0.3, 0.4) is 0 Å². The third-order valence-corrected chi connectivity index (χ3v) is 5.44. The SMILES string of the molecule is COC(=O)c1cc2ccccc2n1CCC#N.COC(=O)c1cc2ccccc2n1CCC(N)=O. The quantitative estimate of drug-likeness (QED) is 0.407. The van der Waals surface area contributed by atoms with Crippen molar-refractivity contribution in [1.82, 2.24) is 9.13 Å². The van der Waals surface area contributed by atoms with Gasteiger partial charge in [-0.05, 0) is 24.3 Å². The van der Waals surface area contributed by atoms with Gasteiger partial charge in [0.2, 0.25) is 5.91 Å². The second-order valence-corrected chi connectivity index (χ2v) is 7.59. The fourth-order valence-corrected chi connectivity index (χ4v) is 3.83. The number of carbonyl (C=O) groups excluding carboxylic acids is 3. The summed E-state index contributed by atoms with van der Waals surface area (Å²) in [4.78, 5) is 34.2. The van der Waals surface area contributed by atoms with Crippen molar-refractivity contribution < 1.29 is 23.9 Å². The molecule has 1 amide bonds. The summed E-state index contributed by atoms with van der Waals surface area (Å²) < 4.78 is 13.1. The molecule has 2 heterocycles. The summed E-state index contributed by atoms with van der Waals surface area (Å²) in [5.74, 6) is -1.20. The van der Waals surface area contributed by atoms with Gasteiger partial charge in [0.15, 0.2) is 0 Å². The van der Waals surface area contributed by atoms with E-state index in [0.717, 1.165) is 21.8 Å². The topological polar surface area (TPSA) is 129 Å². The smallest absolute Gasteiger partial charge is 0.354 e. The summed E-state index contributed by atoms with van der Waals surface area (Å²) in [5, 5.41) is 10.6. The molecule has 2 aromatic heterocycles. The van der Waals surface area contributed by atoms with Crippen molar-refractivity contribution >= 4 is 39.7 Å². The van der Waals surface area contributed by atoms with E-state index in [2.05, 4.69) is 6.07 Å². The number of primary amides is 1. The summed E-state index contributed by atoms with van der Waals surface area (Å²) in [6, 6.07) is 20.9. The zero-order valence-electron chi connectivity index (χ0n) is 19.6. The maximum Gasteiger partial charge on any atom is 0.354 e. The van der Waals surface area contributed by atoms with Gasteiger partial charge in [0.25, 0.3) is 0 Å². The third-order valence-electron chi connectivity index (χ3n) is 5.44. The zero-order valence-corrected chi connectivity index (χ0v) is 19.6. The first-order valence-corrected chi connectivity index (χ1v) is 10.9. The number of nitrogens with two attached hydrogens (primary N) is 1. The molecule has 0 saturated carbocycles. The van der Waals surface area contributed by atoms with Crippen molar-refractivity contribution in [3.05, 3.63) is 72.1 Å². The van der Waals surface area contributed by atoms with Crippen molar-refractivity contribution in [2.45, 2.75) is 25.9 Å². The van der Waals surface area contributed by atoms with Crippen LogP contribution in [0, 0.1) is 11.3 Å². The van der Waals surface area contributed by atoms with Crippen molar-refractivity contribution in [3.63, 3.8) is 0 Å². The molecule has 35 heavy (non-hydrogen) atoms. The molecule has 2 aromatic carbocycles. The fraction of sp³-hybridized carbons (Fsp3) is 0.231. The molecule has 9 heteroatoms. The summed E-state index contributed by atoms with van der Waals surface area (Å²) in [6.45, 7) is 0.863. The average molecular weight is 475 g/mol. The number of hydrogen-bond donors (Lipinski definition) is 1. The number of hydrogen-bond acceptors (Lipinski definition) is 6. The number of fused-ring (bicyclic) bond motifs is 2. The van der Waals surface area contributed by atoms with E-state index in [9.17, 15) is 14.4 Å². The molecule has 0 atom stereocenters. The Morgan fingerprint density at radius 2 is 1.29 bits per heavy atom. The average Bonchev–Trinajstić information content (AvgIpc) is 3.44. The minimum absolute atomic E-state index is 0.183. The van der Waals surface area contributed by atoms with Crippen LogP contribution in [0.2, 0.25) is 0 Å². The van der Waals surface area contributed by atoms with Crippen molar-refractivity contribution in [2.24, 2.45) is 5.73 Å². The number of benzene rings is 2. The van der Waals surface area contributed by atoms with E-state index in [-0.39, 0.29) is 12.4 Å². The molecule has 4 aromatic rings. The van der Waals surface area contributed by atoms with Crippen LogP contribution in [0.5, 0.6) is 0 Å². The lowest BCUT2D eigenvalue weighted by atomic mass is 10.2. The Labute approximate surface area is 202 Å². The number of nitriles is 1. The lowest BCUT2D eigenvalue weighted by Crippen LogP contribution is -2.17. The van der Waals surface area contributed by atoms with Gasteiger partial charge >= 0.3 is 11.9 Å². The van der Waals surface area contributed by atoms with Gasteiger partial charge in [-0.1, -0.05) is 36.4 Å². The molecule has 0 spiro atoms. The van der Waals surface area contributed by atoms with Gasteiger partial charge in [-0.3, -0.25) is 4.79 Å². The fourth-order valence-electron chi connectivity index (χ4n) is 3.83. The molecule has 9 nitrogen and oxygen atoms in total. The van der Waals surface area contributed by atoms with Crippen LogP contribution in [-0.2, 0) is 27.4 Å². The van der Waals surface area contributed by atoms with Crippen LogP contribution in [0.1, 0.15) is 33.8 Å². The van der Waals surface area contributed by atoms with Crippen LogP contribution in [0.15, 0.2) is 60.7 Å². The molecule has 0 fully saturated rings. The highest BCUT2D eigenvalue weighted by atomic mass is 16.5. The van der Waals surface area contributed by atoms with Gasteiger partial charge in [-0.2, -0.15) is 5.26 Å². The monoisotopic (exact) mass is 474 g/mol. The normalized spacial score (nSPS) is 10.3. The maximum atomic E-state index is 11.7. The molecule has 0 radical (unpaired) electrons. The Bertz CT molecular complexity index is 1410. The minimum atomic E-state index is -0.421. The first kappa shape index (κ1) is 25.1. The summed E-state index contributed by atoms with van der Waals surface area (Å²) in [6.07, 6.45) is 0.547. The molecule has 180 valence electrons. The van der Waals surface area contributed by atoms with Gasteiger partial charge in [0.05, 0.1) is 26.7 Å². The van der Waals surface area contributed by atoms with E-state index in [1.165, 1.54) is 14.2 Å². The number of aromatic nitrogens is 2. The highest BCUT2D eigenvalue weighted by molar-refractivity contribution is 5.96. The summed E-state index contributed by atoms with van der Waals surface area (Å²) >= 11 is 0. The molecular formula is C26H26N4O5. The Balaban J connectivity index is 0.000000196. The molecule has 0 aliphatic heterocycles. The Hall–Kier alpha value is -4.58. The van der Waals surface area contributed by atoms with Crippen LogP contribution in [0.4, 0.5) is 0 Å². The Morgan fingerprint density at radius 3 is 1.71 bits per heavy atom. The number of amides is 1. The van der Waals surface area contributed by atoms with Gasteiger partial charge in [0.1, 0.15) is 11.4 Å². The number of rotatable bonds is 7. The van der Waals surface area contributed by atoms with E-state index >= 15 is 0 Å². The Morgan fingerprint density at radius 1 is 0.829 bits per heavy atom. The predicted octanol–water partition coefficient (Wildman–Crippen LogP) is 3.64. The van der Waals surface area contributed by atoms with Gasteiger partial charge in [-0.15, -0.1) is 0 Å². The van der Waals surface area contributed by atoms with Gasteiger partial charge in [0, 0.05) is 41.3 Å². The summed E-state index contributed by atoms with van der Waals surface area (Å²) in [5.41, 5.74) is 7.90. The number of aryl methyl sites for hydroxylation is 2. The van der Waals surface area contributed by atoms with E-state index in [1.54, 1.807) is 16.7 Å². The number of esters is 2. The van der Waals surface area contributed by atoms with Gasteiger partial charge < -0.3 is 24.3 Å². The van der Waals surface area contributed by atoms with Crippen molar-refractivity contribution in [1.29, 1.82) is 5.26 Å². The largest absolute Gasteiger partial charge is 0.464 e. The van der Waals surface area contributed by atoms with Gasteiger partial charge in [-0.25, -0.2) is 9.59 Å². The Kier molecular flexibility index (Phi) is 8.24. The number of para-hydroxylation sites is 2. The minimum Gasteiger partial charge on any atom is -0.464 e. The standard InChI is InChI=1S/C13H14N2O3.C13H12N2O2/c1-18-13(17)11-8-9-4-2-3-5-10(9)15(11)7-6-12(14)16;1-17-13(16)12-9-10-5-2-3-6-11(10)15(12)8-4-7-14/h2-5,8H,6-7H2,1H3,(H2,14,16);2-3,5-6,9H,4,8H2,1H3. The van der Waals surface area contributed by atoms with Crippen LogP contribution >= 0.6 is 0 Å². The lowest BCUT2D eigenvalue weighted by molar-refractivity contribution is -0.118. The van der Waals surface area contributed by atoms with Crippen LogP contribution < -0.4 is 5.73 Å². The number of carbonyl (C=O) groups is 3. The van der Waals surface area contributed by atoms with E-state index < -0.39 is 11.9 Å². The van der Waals surface area contributed by atoms with Crippen molar-refractivity contribution in [3.8, 4) is 6.07 Å². The predicted molar refractivity (Wildman–Crippen MR) is 131 cm³/mol. The van der Waals surface area contributed by atoms with E-state index in [0.29, 0.717) is 30.9 Å². The molecule has 4 rings (SSSR count). The number of methoxy groups -OCH3 is 2. The molecule has 0 saturated heterocycles. The molecule has 0 aliphatic rings. The van der Waals surface area contributed by atoms with Crippen LogP contribution in [-0.4, -0.2) is 41.2 Å². The lowest BCUT2D eigenvalue weighted by Gasteiger charge is -2.07. The zero-order chi connectivity index (χ0) is 25.4. The first-order valence-electron chi connectivity index (χ1n) is 10.9. The summed E-state index contributed by atoms with van der Waals surface area (Å²) in [7, 11) is 2.69. The van der Waals surface area contributed by atoms with E-state index in [1.807, 2.05) is 53.1 Å². The maximum absolute atomic E-state index is 11.7. The molecule has 2 N–H and O–H groups in total. The second-order valence-electron chi connectivity index (χ2n) is 7.59.